The second-order valence-electron chi connectivity index (χ2n) is 12.7. The van der Waals surface area contributed by atoms with E-state index in [1.165, 1.54) is 61.0 Å². The quantitative estimate of drug-likeness (QED) is 0.0991. The fourth-order valence-corrected chi connectivity index (χ4v) is 7.87. The van der Waals surface area contributed by atoms with Crippen LogP contribution in [0.4, 0.5) is 0 Å². The van der Waals surface area contributed by atoms with Crippen molar-refractivity contribution in [1.82, 2.24) is 13.7 Å². The molecule has 0 atom stereocenters. The molecule has 3 aromatic heterocycles. The van der Waals surface area contributed by atoms with E-state index in [1.807, 2.05) is 18.4 Å². The first kappa shape index (κ1) is 29.0. The first-order chi connectivity index (χ1) is 24.2. The van der Waals surface area contributed by atoms with Crippen LogP contribution in [0.15, 0.2) is 145 Å². The summed E-state index contributed by atoms with van der Waals surface area (Å²) in [5.74, 6) is 1.19. The van der Waals surface area contributed by atoms with Gasteiger partial charge in [-0.05, 0) is 85.3 Å². The molecule has 0 spiro atoms. The van der Waals surface area contributed by atoms with Gasteiger partial charge in [0.1, 0.15) is 5.69 Å². The van der Waals surface area contributed by atoms with Crippen molar-refractivity contribution in [2.24, 2.45) is 12.0 Å². The molecule has 1 aliphatic rings. The van der Waals surface area contributed by atoms with Crippen LogP contribution in [-0.4, -0.2) is 27.0 Å². The van der Waals surface area contributed by atoms with Crippen LogP contribution in [0.25, 0.3) is 78.1 Å². The highest BCUT2D eigenvalue weighted by molar-refractivity contribution is 6.19. The predicted octanol–water partition coefficient (Wildman–Crippen LogP) is 9.86. The average molecular weight is 635 g/mol. The minimum atomic E-state index is 0.987. The van der Waals surface area contributed by atoms with Gasteiger partial charge in [0.05, 0.1) is 34.7 Å². The second-order valence-corrected chi connectivity index (χ2v) is 12.7. The highest BCUT2D eigenvalue weighted by Gasteiger charge is 2.30. The summed E-state index contributed by atoms with van der Waals surface area (Å²) >= 11 is 0. The number of benzene rings is 5. The van der Waals surface area contributed by atoms with Crippen molar-refractivity contribution in [2.75, 3.05) is 7.05 Å². The first-order valence-corrected chi connectivity index (χ1v) is 16.9. The molecule has 236 valence electrons. The number of fused-ring (bicyclic) bond motifs is 7. The second kappa shape index (κ2) is 11.5. The van der Waals surface area contributed by atoms with Crippen LogP contribution in [0.2, 0.25) is 0 Å². The number of hydrogen-bond donors (Lipinski definition) is 0. The summed E-state index contributed by atoms with van der Waals surface area (Å²) in [6, 6.07) is 41.9. The third-order valence-electron chi connectivity index (χ3n) is 10.0. The van der Waals surface area contributed by atoms with E-state index in [4.69, 9.17) is 0 Å². The average Bonchev–Trinajstić information content (AvgIpc) is 3.77. The number of para-hydroxylation sites is 3. The van der Waals surface area contributed by atoms with Crippen LogP contribution in [0.5, 0.6) is 0 Å². The first-order valence-electron chi connectivity index (χ1n) is 16.9. The molecule has 8 aromatic rings. The molecule has 49 heavy (non-hydrogen) atoms. The van der Waals surface area contributed by atoms with E-state index in [0.717, 1.165) is 35.3 Å². The smallest absolute Gasteiger partial charge is 0.294 e. The van der Waals surface area contributed by atoms with Crippen molar-refractivity contribution < 1.29 is 4.57 Å². The summed E-state index contributed by atoms with van der Waals surface area (Å²) in [6.07, 6.45) is 12.4. The van der Waals surface area contributed by atoms with Crippen LogP contribution in [0, 0.1) is 0 Å². The van der Waals surface area contributed by atoms with Gasteiger partial charge in [0.15, 0.2) is 11.4 Å². The summed E-state index contributed by atoms with van der Waals surface area (Å²) < 4.78 is 9.51. The van der Waals surface area contributed by atoms with Crippen LogP contribution in [0.1, 0.15) is 17.8 Å². The van der Waals surface area contributed by atoms with Crippen molar-refractivity contribution >= 4 is 61.6 Å². The molecule has 0 aliphatic heterocycles. The zero-order chi connectivity index (χ0) is 33.1. The number of rotatable bonds is 6. The lowest BCUT2D eigenvalue weighted by atomic mass is 10.1. The molecule has 5 aromatic carbocycles. The Morgan fingerprint density at radius 3 is 2.12 bits per heavy atom. The number of allylic oxidation sites excluding steroid dienone is 4. The largest absolute Gasteiger partial charge is 0.309 e. The molecule has 0 unspecified atom stereocenters. The topological polar surface area (TPSA) is 31.0 Å². The highest BCUT2D eigenvalue weighted by Crippen LogP contribution is 2.40. The third-order valence-corrected chi connectivity index (χ3v) is 10.0. The Bertz CT molecular complexity index is 2670. The fraction of sp³-hybridized carbons (Fsp3) is 0.0909. The maximum Gasteiger partial charge on any atom is 0.294 e. The van der Waals surface area contributed by atoms with Gasteiger partial charge in [0.2, 0.25) is 0 Å². The molecule has 9 rings (SSSR count). The summed E-state index contributed by atoms with van der Waals surface area (Å²) in [5, 5.41) is 4.85. The molecule has 0 amide bonds. The molecular formula is C44H36N5+. The van der Waals surface area contributed by atoms with Gasteiger partial charge < -0.3 is 9.13 Å². The minimum absolute atomic E-state index is 0.987. The third kappa shape index (κ3) is 4.39. The molecule has 0 saturated heterocycles. The monoisotopic (exact) mass is 634 g/mol. The number of aromatic nitrogens is 4. The molecule has 0 bridgehead atoms. The van der Waals surface area contributed by atoms with Gasteiger partial charge in [0, 0.05) is 52.6 Å². The number of nitrogens with zero attached hydrogens (tertiary/aromatic N) is 5. The van der Waals surface area contributed by atoms with Gasteiger partial charge in [-0.15, -0.1) is 0 Å². The van der Waals surface area contributed by atoms with Crippen LogP contribution < -0.4 is 4.57 Å². The zero-order valence-electron chi connectivity index (χ0n) is 27.7. The summed E-state index contributed by atoms with van der Waals surface area (Å²) in [5.41, 5.74) is 11.8. The Morgan fingerprint density at radius 2 is 1.37 bits per heavy atom. The number of aliphatic imine (C=N–C) groups is 1. The van der Waals surface area contributed by atoms with Crippen molar-refractivity contribution in [2.45, 2.75) is 12.8 Å². The van der Waals surface area contributed by atoms with Crippen molar-refractivity contribution in [3.05, 3.63) is 151 Å². The Kier molecular flexibility index (Phi) is 6.80. The van der Waals surface area contributed by atoms with Gasteiger partial charge in [-0.3, -0.25) is 4.99 Å². The lowest BCUT2D eigenvalue weighted by Crippen LogP contribution is -2.34. The normalized spacial score (nSPS) is 13.4. The standard InChI is InChI=1S/C44H36N5/c1-4-31(26-27-45-2)47-38-18-10-8-16-34(38)36-29-43-37(28-42(36)47)35-17-9-11-19-39(35)48(43)33-24-22-30(23-25-33)44-46(3)40-20-12-13-21-41(40)49(44)32-14-6-5-7-15-32/h4-11,13-19,21-29H,1,12,20H2,2-3H3/q+1/b31-26+,45-27+. The molecule has 0 saturated carbocycles. The van der Waals surface area contributed by atoms with Gasteiger partial charge in [-0.2, -0.15) is 4.57 Å². The molecule has 0 fully saturated rings. The SMILES string of the molecule is C=C/C(=C\C=N\C)n1c2ccccc2c2cc3c(cc21)c1ccccc1n3-c1ccc(-c2n(-c3ccccc3)c3c([n+]2C)CCC=C3)cc1. The summed E-state index contributed by atoms with van der Waals surface area (Å²) in [4.78, 5) is 4.22. The van der Waals surface area contributed by atoms with Crippen molar-refractivity contribution in [3.63, 3.8) is 0 Å². The molecule has 0 N–H and O–H groups in total. The van der Waals surface area contributed by atoms with E-state index in [2.05, 4.69) is 164 Å². The van der Waals surface area contributed by atoms with Crippen LogP contribution in [0.3, 0.4) is 0 Å². The van der Waals surface area contributed by atoms with Gasteiger partial charge >= 0.3 is 0 Å². The number of hydrogen-bond acceptors (Lipinski definition) is 1. The fourth-order valence-electron chi connectivity index (χ4n) is 7.87. The van der Waals surface area contributed by atoms with Gasteiger partial charge in [0.25, 0.3) is 5.82 Å². The maximum absolute atomic E-state index is 4.22. The summed E-state index contributed by atoms with van der Waals surface area (Å²) in [6.45, 7) is 4.15. The highest BCUT2D eigenvalue weighted by atomic mass is 15.2. The minimum Gasteiger partial charge on any atom is -0.309 e. The Labute approximate surface area is 285 Å². The lowest BCUT2D eigenvalue weighted by molar-refractivity contribution is -0.667. The maximum atomic E-state index is 4.22. The molecule has 1 aliphatic carbocycles. The van der Waals surface area contributed by atoms with Crippen LogP contribution >= 0.6 is 0 Å². The van der Waals surface area contributed by atoms with Crippen LogP contribution in [-0.2, 0) is 13.5 Å². The van der Waals surface area contributed by atoms with E-state index in [-0.39, 0.29) is 0 Å². The van der Waals surface area contributed by atoms with E-state index in [1.54, 1.807) is 7.05 Å². The zero-order valence-corrected chi connectivity index (χ0v) is 27.7. The van der Waals surface area contributed by atoms with Crippen molar-refractivity contribution in [1.29, 1.82) is 0 Å². The van der Waals surface area contributed by atoms with Gasteiger partial charge in [-0.1, -0.05) is 67.3 Å². The molecular weight excluding hydrogens is 599 g/mol. The van der Waals surface area contributed by atoms with E-state index < -0.39 is 0 Å². The van der Waals surface area contributed by atoms with E-state index in [0.29, 0.717) is 0 Å². The van der Waals surface area contributed by atoms with E-state index in [9.17, 15) is 0 Å². The number of imidazole rings is 1. The molecule has 5 heteroatoms. The molecule has 3 heterocycles. The molecule has 5 nitrogen and oxygen atoms in total. The van der Waals surface area contributed by atoms with Gasteiger partial charge in [-0.25, -0.2) is 4.57 Å². The lowest BCUT2D eigenvalue weighted by Gasteiger charge is -2.10. The molecule has 0 radical (unpaired) electrons. The Hall–Kier alpha value is -6.20. The Morgan fingerprint density at radius 1 is 0.714 bits per heavy atom. The van der Waals surface area contributed by atoms with E-state index >= 15 is 0 Å². The van der Waals surface area contributed by atoms with Crippen molar-refractivity contribution in [3.8, 4) is 22.8 Å². The summed E-state index contributed by atoms with van der Waals surface area (Å²) in [7, 11) is 4.00. The predicted molar refractivity (Wildman–Crippen MR) is 206 cm³/mol. The Balaban J connectivity index is 1.27.